The highest BCUT2D eigenvalue weighted by Gasteiger charge is 2.07. The van der Waals surface area contributed by atoms with Gasteiger partial charge in [-0.05, 0) is 24.5 Å². The SMILES string of the molecule is CCc1nncn1CCNC(=O)Nc1cc(Cl)ccc1SC. The number of carbonyl (C=O) groups is 1. The van der Waals surface area contributed by atoms with Crippen LogP contribution in [-0.2, 0) is 13.0 Å². The van der Waals surface area contributed by atoms with Crippen molar-refractivity contribution in [1.29, 1.82) is 0 Å². The lowest BCUT2D eigenvalue weighted by Gasteiger charge is -2.11. The highest BCUT2D eigenvalue weighted by atomic mass is 35.5. The summed E-state index contributed by atoms with van der Waals surface area (Å²) in [6.07, 6.45) is 4.43. The van der Waals surface area contributed by atoms with Crippen LogP contribution < -0.4 is 10.6 Å². The molecular weight excluding hydrogens is 322 g/mol. The fourth-order valence-corrected chi connectivity index (χ4v) is 2.68. The topological polar surface area (TPSA) is 71.8 Å². The fraction of sp³-hybridized carbons (Fsp3) is 0.357. The van der Waals surface area contributed by atoms with Gasteiger partial charge in [0.15, 0.2) is 0 Å². The Morgan fingerprint density at radius 1 is 1.45 bits per heavy atom. The van der Waals surface area contributed by atoms with Crippen molar-refractivity contribution in [3.05, 3.63) is 35.4 Å². The third-order valence-corrected chi connectivity index (χ3v) is 4.09. The Bertz CT molecular complexity index is 646. The lowest BCUT2D eigenvalue weighted by molar-refractivity contribution is 0.251. The van der Waals surface area contributed by atoms with Crippen molar-refractivity contribution >= 4 is 35.1 Å². The molecule has 2 rings (SSSR count). The first-order valence-electron chi connectivity index (χ1n) is 6.89. The van der Waals surface area contributed by atoms with Crippen LogP contribution in [-0.4, -0.2) is 33.6 Å². The van der Waals surface area contributed by atoms with E-state index in [1.54, 1.807) is 30.2 Å². The molecule has 22 heavy (non-hydrogen) atoms. The molecule has 0 saturated carbocycles. The second kappa shape index (κ2) is 8.05. The molecule has 2 N–H and O–H groups in total. The van der Waals surface area contributed by atoms with Crippen LogP contribution in [0, 0.1) is 0 Å². The summed E-state index contributed by atoms with van der Waals surface area (Å²) in [7, 11) is 0. The smallest absolute Gasteiger partial charge is 0.319 e. The van der Waals surface area contributed by atoms with E-state index < -0.39 is 0 Å². The molecule has 0 aliphatic rings. The Morgan fingerprint density at radius 3 is 3.00 bits per heavy atom. The van der Waals surface area contributed by atoms with Crippen molar-refractivity contribution in [2.24, 2.45) is 0 Å². The summed E-state index contributed by atoms with van der Waals surface area (Å²) in [6.45, 7) is 3.14. The van der Waals surface area contributed by atoms with E-state index in [-0.39, 0.29) is 6.03 Å². The van der Waals surface area contributed by atoms with Gasteiger partial charge in [-0.2, -0.15) is 0 Å². The maximum Gasteiger partial charge on any atom is 0.319 e. The van der Waals surface area contributed by atoms with Gasteiger partial charge in [-0.25, -0.2) is 4.79 Å². The quantitative estimate of drug-likeness (QED) is 0.793. The zero-order chi connectivity index (χ0) is 15.9. The van der Waals surface area contributed by atoms with Gasteiger partial charge < -0.3 is 15.2 Å². The van der Waals surface area contributed by atoms with E-state index in [1.165, 1.54) is 0 Å². The molecule has 1 heterocycles. The predicted molar refractivity (Wildman–Crippen MR) is 89.7 cm³/mol. The fourth-order valence-electron chi connectivity index (χ4n) is 1.97. The van der Waals surface area contributed by atoms with E-state index in [4.69, 9.17) is 11.6 Å². The summed E-state index contributed by atoms with van der Waals surface area (Å²) in [6, 6.07) is 5.16. The van der Waals surface area contributed by atoms with Gasteiger partial charge in [0.05, 0.1) is 5.69 Å². The lowest BCUT2D eigenvalue weighted by atomic mass is 10.3. The number of aromatic nitrogens is 3. The normalized spacial score (nSPS) is 10.5. The minimum absolute atomic E-state index is 0.260. The largest absolute Gasteiger partial charge is 0.336 e. The molecule has 0 saturated heterocycles. The number of nitrogens with one attached hydrogen (secondary N) is 2. The molecule has 0 spiro atoms. The number of thioether (sulfide) groups is 1. The van der Waals surface area contributed by atoms with E-state index in [1.807, 2.05) is 23.8 Å². The molecule has 2 amide bonds. The average Bonchev–Trinajstić information content (AvgIpc) is 2.95. The second-order valence-corrected chi connectivity index (χ2v) is 5.80. The zero-order valence-corrected chi connectivity index (χ0v) is 14.0. The second-order valence-electron chi connectivity index (χ2n) is 4.52. The zero-order valence-electron chi connectivity index (χ0n) is 12.5. The summed E-state index contributed by atoms with van der Waals surface area (Å²) in [5, 5.41) is 14.1. The van der Waals surface area contributed by atoms with Gasteiger partial charge in [0, 0.05) is 29.4 Å². The molecule has 0 radical (unpaired) electrons. The molecule has 0 aliphatic heterocycles. The lowest BCUT2D eigenvalue weighted by Crippen LogP contribution is -2.31. The van der Waals surface area contributed by atoms with Gasteiger partial charge in [-0.15, -0.1) is 22.0 Å². The van der Waals surface area contributed by atoms with E-state index in [2.05, 4.69) is 20.8 Å². The van der Waals surface area contributed by atoms with Crippen molar-refractivity contribution in [2.75, 3.05) is 18.1 Å². The number of rotatable bonds is 6. The summed E-state index contributed by atoms with van der Waals surface area (Å²) < 4.78 is 1.92. The van der Waals surface area contributed by atoms with Crippen LogP contribution in [0.5, 0.6) is 0 Å². The molecule has 0 aliphatic carbocycles. The van der Waals surface area contributed by atoms with Crippen LogP contribution in [0.4, 0.5) is 10.5 Å². The Kier molecular flexibility index (Phi) is 6.09. The summed E-state index contributed by atoms with van der Waals surface area (Å²) in [4.78, 5) is 12.9. The first-order valence-corrected chi connectivity index (χ1v) is 8.49. The molecule has 1 aromatic carbocycles. The Labute approximate surface area is 138 Å². The van der Waals surface area contributed by atoms with E-state index in [0.717, 1.165) is 17.1 Å². The first-order chi connectivity index (χ1) is 10.6. The predicted octanol–water partition coefficient (Wildman–Crippen LogP) is 3.04. The molecule has 2 aromatic rings. The van der Waals surface area contributed by atoms with E-state index in [9.17, 15) is 4.79 Å². The number of hydrogen-bond donors (Lipinski definition) is 2. The van der Waals surface area contributed by atoms with Gasteiger partial charge in [0.1, 0.15) is 12.2 Å². The Morgan fingerprint density at radius 2 is 2.27 bits per heavy atom. The van der Waals surface area contributed by atoms with Crippen molar-refractivity contribution < 1.29 is 4.79 Å². The standard InChI is InChI=1S/C14H18ClN5OS/c1-3-13-19-17-9-20(13)7-6-16-14(21)18-11-8-10(15)4-5-12(11)22-2/h4-5,8-9H,3,6-7H2,1-2H3,(H2,16,18,21). The molecule has 6 nitrogen and oxygen atoms in total. The number of hydrogen-bond acceptors (Lipinski definition) is 4. The Balaban J connectivity index is 1.87. The summed E-state index contributed by atoms with van der Waals surface area (Å²) in [5.41, 5.74) is 0.705. The van der Waals surface area contributed by atoms with E-state index >= 15 is 0 Å². The molecule has 0 bridgehead atoms. The highest BCUT2D eigenvalue weighted by molar-refractivity contribution is 7.98. The number of urea groups is 1. The van der Waals surface area contributed by atoms with Crippen molar-refractivity contribution in [3.63, 3.8) is 0 Å². The number of benzene rings is 1. The number of carbonyl (C=O) groups excluding carboxylic acids is 1. The molecule has 118 valence electrons. The minimum Gasteiger partial charge on any atom is -0.336 e. The van der Waals surface area contributed by atoms with E-state index in [0.29, 0.717) is 23.8 Å². The number of amides is 2. The van der Waals surface area contributed by atoms with Crippen LogP contribution >= 0.6 is 23.4 Å². The number of halogens is 1. The number of aryl methyl sites for hydroxylation is 1. The van der Waals surface area contributed by atoms with Crippen LogP contribution in [0.25, 0.3) is 0 Å². The highest BCUT2D eigenvalue weighted by Crippen LogP contribution is 2.28. The van der Waals surface area contributed by atoms with Crippen molar-refractivity contribution in [2.45, 2.75) is 24.8 Å². The number of nitrogens with zero attached hydrogens (tertiary/aromatic N) is 3. The van der Waals surface area contributed by atoms with Gasteiger partial charge >= 0.3 is 6.03 Å². The summed E-state index contributed by atoms with van der Waals surface area (Å²) in [5.74, 6) is 0.904. The molecular formula is C14H18ClN5OS. The third kappa shape index (κ3) is 4.38. The van der Waals surface area contributed by atoms with Crippen molar-refractivity contribution in [3.8, 4) is 0 Å². The molecule has 0 atom stereocenters. The minimum atomic E-state index is -0.260. The molecule has 0 fully saturated rings. The van der Waals surface area contributed by atoms with Crippen LogP contribution in [0.1, 0.15) is 12.7 Å². The van der Waals surface area contributed by atoms with Gasteiger partial charge in [-0.1, -0.05) is 18.5 Å². The maximum absolute atomic E-state index is 12.0. The molecule has 1 aromatic heterocycles. The monoisotopic (exact) mass is 339 g/mol. The van der Waals surface area contributed by atoms with Gasteiger partial charge in [-0.3, -0.25) is 0 Å². The van der Waals surface area contributed by atoms with Gasteiger partial charge in [0.25, 0.3) is 0 Å². The number of anilines is 1. The molecule has 8 heteroatoms. The first kappa shape index (κ1) is 16.6. The third-order valence-electron chi connectivity index (χ3n) is 3.06. The van der Waals surface area contributed by atoms with Crippen LogP contribution in [0.15, 0.2) is 29.4 Å². The summed E-state index contributed by atoms with van der Waals surface area (Å²) >= 11 is 7.52. The van der Waals surface area contributed by atoms with Gasteiger partial charge in [0.2, 0.25) is 0 Å². The maximum atomic E-state index is 12.0. The molecule has 0 unspecified atom stereocenters. The van der Waals surface area contributed by atoms with Crippen molar-refractivity contribution in [1.82, 2.24) is 20.1 Å². The Hall–Kier alpha value is -1.73. The van der Waals surface area contributed by atoms with Crippen LogP contribution in [0.3, 0.4) is 0 Å². The average molecular weight is 340 g/mol. The van der Waals surface area contributed by atoms with Crippen LogP contribution in [0.2, 0.25) is 5.02 Å².